The van der Waals surface area contributed by atoms with E-state index in [-0.39, 0.29) is 11.9 Å². The predicted octanol–water partition coefficient (Wildman–Crippen LogP) is 4.64. The molecule has 26 heavy (non-hydrogen) atoms. The zero-order valence-electron chi connectivity index (χ0n) is 14.7. The van der Waals surface area contributed by atoms with Crippen molar-refractivity contribution in [3.05, 3.63) is 87.9 Å². The van der Waals surface area contributed by atoms with E-state index in [1.54, 1.807) is 11.3 Å². The van der Waals surface area contributed by atoms with Gasteiger partial charge in [-0.3, -0.25) is 4.79 Å². The Bertz CT molecular complexity index is 860. The van der Waals surface area contributed by atoms with Crippen LogP contribution >= 0.6 is 11.3 Å². The molecule has 3 aromatic rings. The van der Waals surface area contributed by atoms with Crippen molar-refractivity contribution in [2.75, 3.05) is 6.54 Å². The fraction of sp³-hybridized carbons (Fsp3) is 0.273. The van der Waals surface area contributed by atoms with Gasteiger partial charge in [0.15, 0.2) is 0 Å². The van der Waals surface area contributed by atoms with Gasteiger partial charge in [-0.1, -0.05) is 60.7 Å². The van der Waals surface area contributed by atoms with E-state index in [0.717, 1.165) is 36.5 Å². The molecule has 0 aliphatic carbocycles. The normalized spacial score (nSPS) is 16.8. The second-order valence-corrected chi connectivity index (χ2v) is 7.67. The van der Waals surface area contributed by atoms with Crippen molar-refractivity contribution < 1.29 is 4.79 Å². The molecule has 3 nitrogen and oxygen atoms in total. The molecule has 132 valence electrons. The van der Waals surface area contributed by atoms with E-state index in [0.29, 0.717) is 6.42 Å². The van der Waals surface area contributed by atoms with Crippen LogP contribution < -0.4 is 0 Å². The quantitative estimate of drug-likeness (QED) is 0.662. The highest BCUT2D eigenvalue weighted by Gasteiger charge is 2.29. The Hall–Kier alpha value is -2.46. The lowest BCUT2D eigenvalue weighted by Crippen LogP contribution is -2.31. The third-order valence-corrected chi connectivity index (χ3v) is 5.78. The van der Waals surface area contributed by atoms with Gasteiger partial charge in [-0.2, -0.15) is 0 Å². The summed E-state index contributed by atoms with van der Waals surface area (Å²) in [6, 6.07) is 20.9. The predicted molar refractivity (Wildman–Crippen MR) is 105 cm³/mol. The molecule has 1 atom stereocenters. The number of amides is 1. The zero-order valence-corrected chi connectivity index (χ0v) is 15.5. The van der Waals surface area contributed by atoms with Gasteiger partial charge in [-0.25, -0.2) is 4.98 Å². The number of benzene rings is 2. The Morgan fingerprint density at radius 2 is 1.81 bits per heavy atom. The maximum absolute atomic E-state index is 12.9. The summed E-state index contributed by atoms with van der Waals surface area (Å²) < 4.78 is 0. The van der Waals surface area contributed by atoms with Gasteiger partial charge in [0.25, 0.3) is 0 Å². The zero-order chi connectivity index (χ0) is 17.8. The van der Waals surface area contributed by atoms with Crippen LogP contribution in [0.4, 0.5) is 0 Å². The second-order valence-electron chi connectivity index (χ2n) is 6.73. The molecule has 1 fully saturated rings. The Kier molecular flexibility index (Phi) is 5.12. The summed E-state index contributed by atoms with van der Waals surface area (Å²) in [7, 11) is 0. The number of carbonyl (C=O) groups excluding carboxylic acids is 1. The Morgan fingerprint density at radius 1 is 1.08 bits per heavy atom. The van der Waals surface area contributed by atoms with E-state index in [9.17, 15) is 4.79 Å². The van der Waals surface area contributed by atoms with Crippen molar-refractivity contribution in [3.8, 4) is 0 Å². The van der Waals surface area contributed by atoms with Crippen LogP contribution in [0.15, 0.2) is 66.0 Å². The highest BCUT2D eigenvalue weighted by Crippen LogP contribution is 2.32. The van der Waals surface area contributed by atoms with Crippen LogP contribution in [0.2, 0.25) is 0 Å². The van der Waals surface area contributed by atoms with Crippen molar-refractivity contribution >= 4 is 17.2 Å². The number of nitrogens with zero attached hydrogens (tertiary/aromatic N) is 2. The maximum Gasteiger partial charge on any atom is 0.229 e. The first kappa shape index (κ1) is 17.0. The van der Waals surface area contributed by atoms with E-state index < -0.39 is 0 Å². The van der Waals surface area contributed by atoms with Gasteiger partial charge < -0.3 is 4.90 Å². The minimum Gasteiger partial charge on any atom is -0.335 e. The molecule has 1 aliphatic rings. The topological polar surface area (TPSA) is 33.2 Å². The summed E-state index contributed by atoms with van der Waals surface area (Å²) in [6.45, 7) is 0.847. The summed E-state index contributed by atoms with van der Waals surface area (Å²) in [6.07, 6.45) is 3.35. The van der Waals surface area contributed by atoms with Crippen molar-refractivity contribution in [2.45, 2.75) is 31.7 Å². The molecule has 2 heterocycles. The van der Waals surface area contributed by atoms with Crippen LogP contribution in [0.25, 0.3) is 0 Å². The highest BCUT2D eigenvalue weighted by molar-refractivity contribution is 7.09. The molecule has 0 saturated carbocycles. The van der Waals surface area contributed by atoms with Crippen LogP contribution in [0.3, 0.4) is 0 Å². The van der Waals surface area contributed by atoms with Crippen molar-refractivity contribution in [1.82, 2.24) is 9.88 Å². The number of hydrogen-bond acceptors (Lipinski definition) is 3. The molecular weight excluding hydrogens is 340 g/mol. The maximum atomic E-state index is 12.9. The Labute approximate surface area is 158 Å². The lowest BCUT2D eigenvalue weighted by atomic mass is 10.0. The van der Waals surface area contributed by atoms with Crippen molar-refractivity contribution in [3.63, 3.8) is 0 Å². The summed E-state index contributed by atoms with van der Waals surface area (Å²) in [4.78, 5) is 19.6. The van der Waals surface area contributed by atoms with Crippen LogP contribution in [0.1, 0.15) is 40.7 Å². The number of rotatable bonds is 5. The summed E-state index contributed by atoms with van der Waals surface area (Å²) in [5.74, 6) is 0.188. The Balaban J connectivity index is 1.42. The summed E-state index contributed by atoms with van der Waals surface area (Å²) in [5.41, 5.74) is 3.38. The molecule has 0 unspecified atom stereocenters. The van der Waals surface area contributed by atoms with E-state index in [1.807, 2.05) is 46.7 Å². The number of hydrogen-bond donors (Lipinski definition) is 0. The van der Waals surface area contributed by atoms with E-state index in [1.165, 1.54) is 11.1 Å². The molecule has 2 aromatic carbocycles. The number of thiazole rings is 1. The number of carbonyl (C=O) groups is 1. The average Bonchev–Trinajstić information content (AvgIpc) is 3.33. The summed E-state index contributed by atoms with van der Waals surface area (Å²) >= 11 is 1.64. The van der Waals surface area contributed by atoms with Crippen LogP contribution in [0, 0.1) is 0 Å². The molecule has 4 heteroatoms. The number of aromatic nitrogens is 1. The lowest BCUT2D eigenvalue weighted by Gasteiger charge is -2.25. The summed E-state index contributed by atoms with van der Waals surface area (Å²) in [5, 5.41) is 3.10. The van der Waals surface area contributed by atoms with Gasteiger partial charge in [-0.05, 0) is 24.0 Å². The fourth-order valence-corrected chi connectivity index (χ4v) is 4.45. The van der Waals surface area contributed by atoms with Crippen LogP contribution in [-0.2, 0) is 17.6 Å². The second kappa shape index (κ2) is 7.83. The molecule has 4 rings (SSSR count). The molecule has 0 bridgehead atoms. The molecule has 1 aromatic heterocycles. The van der Waals surface area contributed by atoms with E-state index in [4.69, 9.17) is 0 Å². The van der Waals surface area contributed by atoms with Crippen LogP contribution in [0.5, 0.6) is 0 Å². The average molecular weight is 362 g/mol. The molecule has 0 spiro atoms. The van der Waals surface area contributed by atoms with E-state index in [2.05, 4.69) is 29.2 Å². The van der Waals surface area contributed by atoms with Gasteiger partial charge >= 0.3 is 0 Å². The highest BCUT2D eigenvalue weighted by atomic mass is 32.1. The minimum atomic E-state index is 0.188. The molecule has 1 aliphatic heterocycles. The van der Waals surface area contributed by atoms with Gasteiger partial charge in [-0.15, -0.1) is 11.3 Å². The molecule has 1 amide bonds. The van der Waals surface area contributed by atoms with Crippen molar-refractivity contribution in [2.24, 2.45) is 0 Å². The first-order valence-corrected chi connectivity index (χ1v) is 9.99. The first-order chi connectivity index (χ1) is 12.8. The fourth-order valence-electron chi connectivity index (χ4n) is 3.63. The van der Waals surface area contributed by atoms with Gasteiger partial charge in [0.2, 0.25) is 5.91 Å². The van der Waals surface area contributed by atoms with Gasteiger partial charge in [0.1, 0.15) is 0 Å². The van der Waals surface area contributed by atoms with Gasteiger partial charge in [0.05, 0.1) is 23.2 Å². The monoisotopic (exact) mass is 362 g/mol. The van der Waals surface area contributed by atoms with E-state index >= 15 is 0 Å². The van der Waals surface area contributed by atoms with Crippen LogP contribution in [-0.4, -0.2) is 22.3 Å². The first-order valence-electron chi connectivity index (χ1n) is 9.11. The molecule has 0 N–H and O–H groups in total. The molecule has 1 saturated heterocycles. The third kappa shape index (κ3) is 3.86. The standard InChI is InChI=1S/C22H22N2OS/c25-22(24-13-7-12-20(24)18-10-5-2-6-11-18)15-19-16-26-21(23-19)14-17-8-3-1-4-9-17/h1-6,8-11,16,20H,7,12-15H2/t20-/m1/s1. The largest absolute Gasteiger partial charge is 0.335 e. The van der Waals surface area contributed by atoms with Gasteiger partial charge in [0, 0.05) is 18.3 Å². The lowest BCUT2D eigenvalue weighted by molar-refractivity contribution is -0.131. The van der Waals surface area contributed by atoms with Crippen molar-refractivity contribution in [1.29, 1.82) is 0 Å². The SMILES string of the molecule is O=C(Cc1csc(Cc2ccccc2)n1)N1CCC[C@@H]1c1ccccc1. The smallest absolute Gasteiger partial charge is 0.229 e. The third-order valence-electron chi connectivity index (χ3n) is 4.89. The molecular formula is C22H22N2OS. The number of likely N-dealkylation sites (tertiary alicyclic amines) is 1. The Morgan fingerprint density at radius 3 is 2.58 bits per heavy atom. The minimum absolute atomic E-state index is 0.188. The molecule has 0 radical (unpaired) electrons.